The molecular weight excluding hydrogens is 344 g/mol. The molecule has 8 nitrogen and oxygen atoms in total. The Balaban J connectivity index is 1.76. The number of amides is 1. The maximum atomic E-state index is 12.2. The first-order chi connectivity index (χ1) is 12.0. The van der Waals surface area contributed by atoms with Crippen molar-refractivity contribution in [2.45, 2.75) is 29.6 Å². The van der Waals surface area contributed by atoms with Crippen LogP contribution in [0.25, 0.3) is 0 Å². The lowest BCUT2D eigenvalue weighted by molar-refractivity contribution is -0.112. The highest BCUT2D eigenvalue weighted by molar-refractivity contribution is 7.92. The second-order valence-electron chi connectivity index (χ2n) is 5.51. The normalized spacial score (nSPS) is 15.0. The predicted molar refractivity (Wildman–Crippen MR) is 89.2 cm³/mol. The molecule has 1 aliphatic carbocycles. The van der Waals surface area contributed by atoms with Gasteiger partial charge >= 0.3 is 0 Å². The number of nitrogens with two attached hydrogens (primary N) is 1. The molecule has 1 aromatic heterocycles. The zero-order valence-electron chi connectivity index (χ0n) is 13.2. The summed E-state index contributed by atoms with van der Waals surface area (Å²) >= 11 is 0. The average molecular weight is 360 g/mol. The quantitative estimate of drug-likeness (QED) is 0.576. The first kappa shape index (κ1) is 17.0. The summed E-state index contributed by atoms with van der Waals surface area (Å²) in [5.74, 6) is -0.382. The van der Waals surface area contributed by atoms with Crippen LogP contribution in [0, 0.1) is 0 Å². The molecule has 1 aliphatic rings. The van der Waals surface area contributed by atoms with Gasteiger partial charge in [-0.1, -0.05) is 17.3 Å². The summed E-state index contributed by atoms with van der Waals surface area (Å²) < 4.78 is 24.4. The molecule has 1 amide bonds. The van der Waals surface area contributed by atoms with Gasteiger partial charge in [0, 0.05) is 18.0 Å². The minimum atomic E-state index is -3.29. The lowest BCUT2D eigenvalue weighted by Gasteiger charge is -2.06. The molecule has 0 atom stereocenters. The molecule has 1 heterocycles. The predicted octanol–water partition coefficient (Wildman–Crippen LogP) is 0.819. The molecule has 130 valence electrons. The monoisotopic (exact) mass is 360 g/mol. The number of sulfone groups is 1. The van der Waals surface area contributed by atoms with Gasteiger partial charge in [0.15, 0.2) is 28.0 Å². The molecule has 3 rings (SSSR count). The van der Waals surface area contributed by atoms with Crippen molar-refractivity contribution in [3.8, 4) is 0 Å². The van der Waals surface area contributed by atoms with Crippen molar-refractivity contribution >= 4 is 21.5 Å². The van der Waals surface area contributed by atoms with Crippen LogP contribution < -0.4 is 5.73 Å². The van der Waals surface area contributed by atoms with Crippen LogP contribution in [-0.2, 0) is 26.1 Å². The number of nitrogens with zero attached hydrogens (tertiary/aromatic N) is 3. The van der Waals surface area contributed by atoms with E-state index in [0.29, 0.717) is 24.2 Å². The SMILES string of the molecule is NC(=O)/C(=N/OCc1ncccn1)c1ccc(S(=O)(=O)C2CC2)cc1. The lowest BCUT2D eigenvalue weighted by Crippen LogP contribution is -2.24. The molecule has 1 fully saturated rings. The first-order valence-corrected chi connectivity index (χ1v) is 9.13. The summed E-state index contributed by atoms with van der Waals surface area (Å²) in [5.41, 5.74) is 5.60. The van der Waals surface area contributed by atoms with Crippen LogP contribution in [-0.4, -0.2) is 35.3 Å². The summed E-state index contributed by atoms with van der Waals surface area (Å²) in [6.07, 6.45) is 4.49. The molecule has 0 unspecified atom stereocenters. The van der Waals surface area contributed by atoms with E-state index in [4.69, 9.17) is 10.6 Å². The highest BCUT2D eigenvalue weighted by Crippen LogP contribution is 2.33. The second-order valence-corrected chi connectivity index (χ2v) is 7.74. The van der Waals surface area contributed by atoms with Crippen LogP contribution in [0.5, 0.6) is 0 Å². The van der Waals surface area contributed by atoms with E-state index in [2.05, 4.69) is 15.1 Å². The molecule has 2 N–H and O–H groups in total. The highest BCUT2D eigenvalue weighted by atomic mass is 32.2. The number of oxime groups is 1. The molecule has 0 saturated heterocycles. The third-order valence-corrected chi connectivity index (χ3v) is 5.90. The summed E-state index contributed by atoms with van der Waals surface area (Å²) in [4.78, 5) is 24.8. The highest BCUT2D eigenvalue weighted by Gasteiger charge is 2.36. The molecule has 0 aliphatic heterocycles. The van der Waals surface area contributed by atoms with Crippen LogP contribution in [0.2, 0.25) is 0 Å². The van der Waals surface area contributed by atoms with Gasteiger partial charge in [-0.25, -0.2) is 18.4 Å². The maximum absolute atomic E-state index is 12.2. The number of hydrogen-bond acceptors (Lipinski definition) is 7. The van der Waals surface area contributed by atoms with Gasteiger partial charge in [0.25, 0.3) is 5.91 Å². The van der Waals surface area contributed by atoms with Gasteiger partial charge < -0.3 is 10.6 Å². The zero-order valence-corrected chi connectivity index (χ0v) is 14.0. The van der Waals surface area contributed by atoms with Crippen molar-refractivity contribution in [1.29, 1.82) is 0 Å². The Labute approximate surface area is 144 Å². The summed E-state index contributed by atoms with van der Waals surface area (Å²) in [5, 5.41) is 3.45. The summed E-state index contributed by atoms with van der Waals surface area (Å²) in [7, 11) is -3.29. The fourth-order valence-electron chi connectivity index (χ4n) is 2.17. The molecule has 9 heteroatoms. The minimum absolute atomic E-state index is 0.0221. The number of hydrogen-bond donors (Lipinski definition) is 1. The summed E-state index contributed by atoms with van der Waals surface area (Å²) in [6, 6.07) is 7.53. The number of carbonyl (C=O) groups is 1. The Hall–Kier alpha value is -2.81. The summed E-state index contributed by atoms with van der Waals surface area (Å²) in [6.45, 7) is -0.0221. The van der Waals surface area contributed by atoms with Gasteiger partial charge in [0.05, 0.1) is 10.1 Å². The number of benzene rings is 1. The van der Waals surface area contributed by atoms with Gasteiger partial charge in [-0.2, -0.15) is 0 Å². The van der Waals surface area contributed by atoms with E-state index >= 15 is 0 Å². The standard InChI is InChI=1S/C16H16N4O4S/c17-16(21)15(20-24-10-14-18-8-1-9-19-14)11-2-4-12(5-3-11)25(22,23)13-6-7-13/h1-5,8-9,13H,6-7,10H2,(H2,17,21)/b20-15+. The van der Waals surface area contributed by atoms with Gasteiger partial charge in [0.1, 0.15) is 0 Å². The van der Waals surface area contributed by atoms with Crippen LogP contribution in [0.15, 0.2) is 52.8 Å². The van der Waals surface area contributed by atoms with Crippen molar-refractivity contribution in [2.75, 3.05) is 0 Å². The van der Waals surface area contributed by atoms with Crippen molar-refractivity contribution in [3.05, 3.63) is 54.1 Å². The fraction of sp³-hybridized carbons (Fsp3) is 0.250. The lowest BCUT2D eigenvalue weighted by atomic mass is 10.1. The second kappa shape index (κ2) is 6.98. The maximum Gasteiger partial charge on any atom is 0.271 e. The minimum Gasteiger partial charge on any atom is -0.387 e. The third-order valence-electron chi connectivity index (χ3n) is 3.62. The Bertz CT molecular complexity index is 891. The number of carbonyl (C=O) groups excluding carboxylic acids is 1. The van der Waals surface area contributed by atoms with Crippen LogP contribution in [0.3, 0.4) is 0 Å². The van der Waals surface area contributed by atoms with Gasteiger partial charge in [0.2, 0.25) is 0 Å². The largest absolute Gasteiger partial charge is 0.387 e. The van der Waals surface area contributed by atoms with E-state index in [9.17, 15) is 13.2 Å². The van der Waals surface area contributed by atoms with Gasteiger partial charge in [-0.15, -0.1) is 0 Å². The molecular formula is C16H16N4O4S. The van der Waals surface area contributed by atoms with Gasteiger partial charge in [-0.05, 0) is 31.0 Å². The topological polar surface area (TPSA) is 125 Å². The van der Waals surface area contributed by atoms with Crippen molar-refractivity contribution < 1.29 is 18.0 Å². The first-order valence-electron chi connectivity index (χ1n) is 7.58. The van der Waals surface area contributed by atoms with Crippen LogP contribution in [0.4, 0.5) is 0 Å². The Morgan fingerprint density at radius 1 is 1.20 bits per heavy atom. The Kier molecular flexibility index (Phi) is 4.75. The van der Waals surface area contributed by atoms with Gasteiger partial charge in [-0.3, -0.25) is 4.79 Å². The van der Waals surface area contributed by atoms with Crippen molar-refractivity contribution in [2.24, 2.45) is 10.9 Å². The Morgan fingerprint density at radius 3 is 2.40 bits per heavy atom. The zero-order chi connectivity index (χ0) is 17.9. The number of rotatable bonds is 7. The molecule has 0 radical (unpaired) electrons. The molecule has 1 saturated carbocycles. The van der Waals surface area contributed by atoms with E-state index in [-0.39, 0.29) is 22.5 Å². The average Bonchev–Trinajstić information content (AvgIpc) is 3.45. The van der Waals surface area contributed by atoms with Crippen LogP contribution >= 0.6 is 0 Å². The number of aromatic nitrogens is 2. The van der Waals surface area contributed by atoms with Crippen molar-refractivity contribution in [3.63, 3.8) is 0 Å². The van der Waals surface area contributed by atoms with E-state index < -0.39 is 15.7 Å². The van der Waals surface area contributed by atoms with E-state index in [0.717, 1.165) is 0 Å². The third kappa shape index (κ3) is 4.00. The Morgan fingerprint density at radius 2 is 1.84 bits per heavy atom. The molecule has 2 aromatic rings. The van der Waals surface area contributed by atoms with Crippen LogP contribution in [0.1, 0.15) is 24.2 Å². The number of primary amides is 1. The van der Waals surface area contributed by atoms with Crippen molar-refractivity contribution in [1.82, 2.24) is 9.97 Å². The molecule has 25 heavy (non-hydrogen) atoms. The fourth-order valence-corrected chi connectivity index (χ4v) is 3.83. The molecule has 1 aromatic carbocycles. The molecule has 0 bridgehead atoms. The molecule has 0 spiro atoms. The van der Waals surface area contributed by atoms with E-state index in [1.165, 1.54) is 24.3 Å². The van der Waals surface area contributed by atoms with E-state index in [1.807, 2.05) is 0 Å². The van der Waals surface area contributed by atoms with E-state index in [1.54, 1.807) is 18.5 Å². The smallest absolute Gasteiger partial charge is 0.271 e.